The molecule has 1 unspecified atom stereocenters. The molecule has 1 N–H and O–H groups in total. The van der Waals surface area contributed by atoms with Crippen molar-refractivity contribution < 1.29 is 0 Å². The minimum atomic E-state index is 0.501. The van der Waals surface area contributed by atoms with E-state index in [2.05, 4.69) is 24.9 Å². The van der Waals surface area contributed by atoms with Gasteiger partial charge in [-0.3, -0.25) is 4.99 Å². The fourth-order valence-electron chi connectivity index (χ4n) is 1.93. The van der Waals surface area contributed by atoms with Crippen LogP contribution < -0.4 is 0 Å². The van der Waals surface area contributed by atoms with Crippen LogP contribution in [-0.4, -0.2) is 16.7 Å². The SMILES string of the molecule is CCC1=NC(CC)Cc2[nH]ccc21. The highest BCUT2D eigenvalue weighted by Gasteiger charge is 2.19. The second kappa shape index (κ2) is 3.36. The maximum Gasteiger partial charge on any atom is 0.0555 e. The molecule has 0 saturated heterocycles. The van der Waals surface area contributed by atoms with Crippen molar-refractivity contribution in [2.75, 3.05) is 0 Å². The van der Waals surface area contributed by atoms with Crippen LogP contribution in [0.3, 0.4) is 0 Å². The summed E-state index contributed by atoms with van der Waals surface area (Å²) in [6.07, 6.45) is 5.29. The number of hydrogen-bond acceptors (Lipinski definition) is 1. The fraction of sp³-hybridized carbons (Fsp3) is 0.545. The molecule has 1 atom stereocenters. The highest BCUT2D eigenvalue weighted by molar-refractivity contribution is 6.02. The van der Waals surface area contributed by atoms with Crippen LogP contribution in [0.25, 0.3) is 0 Å². The van der Waals surface area contributed by atoms with Gasteiger partial charge in [0.05, 0.1) is 6.04 Å². The van der Waals surface area contributed by atoms with Crippen LogP contribution in [0.1, 0.15) is 37.9 Å². The predicted octanol–water partition coefficient (Wildman–Crippen LogP) is 2.55. The van der Waals surface area contributed by atoms with Crippen molar-refractivity contribution in [2.24, 2.45) is 4.99 Å². The van der Waals surface area contributed by atoms with Gasteiger partial charge in [0.1, 0.15) is 0 Å². The highest BCUT2D eigenvalue weighted by Crippen LogP contribution is 2.21. The molecule has 0 amide bonds. The van der Waals surface area contributed by atoms with Crippen LogP contribution in [-0.2, 0) is 6.42 Å². The number of fused-ring (bicyclic) bond motifs is 1. The molecule has 0 fully saturated rings. The lowest BCUT2D eigenvalue weighted by Gasteiger charge is -2.19. The van der Waals surface area contributed by atoms with E-state index in [0.29, 0.717) is 6.04 Å². The molecule has 1 aliphatic heterocycles. The second-order valence-corrected chi connectivity index (χ2v) is 3.57. The van der Waals surface area contributed by atoms with Crippen LogP contribution >= 0.6 is 0 Å². The number of nitrogens with one attached hydrogen (secondary N) is 1. The van der Waals surface area contributed by atoms with Gasteiger partial charge in [0, 0.05) is 29.6 Å². The first-order chi connectivity index (χ1) is 6.35. The molecule has 2 rings (SSSR count). The summed E-state index contributed by atoms with van der Waals surface area (Å²) in [6, 6.07) is 2.64. The van der Waals surface area contributed by atoms with Crippen LogP contribution in [0.2, 0.25) is 0 Å². The van der Waals surface area contributed by atoms with Gasteiger partial charge in [-0.15, -0.1) is 0 Å². The molecule has 0 aliphatic carbocycles. The largest absolute Gasteiger partial charge is 0.364 e. The van der Waals surface area contributed by atoms with E-state index in [1.54, 1.807) is 0 Å². The van der Waals surface area contributed by atoms with Crippen LogP contribution in [0, 0.1) is 0 Å². The van der Waals surface area contributed by atoms with Gasteiger partial charge in [0.2, 0.25) is 0 Å². The lowest BCUT2D eigenvalue weighted by Crippen LogP contribution is -2.19. The Bertz CT molecular complexity index is 323. The standard InChI is InChI=1S/C11H16N2/c1-3-8-7-11-9(5-6-12-11)10(4-2)13-8/h5-6,8,12H,3-4,7H2,1-2H3. The first-order valence-electron chi connectivity index (χ1n) is 5.08. The maximum atomic E-state index is 4.73. The minimum absolute atomic E-state index is 0.501. The van der Waals surface area contributed by atoms with E-state index in [1.165, 1.54) is 17.0 Å². The van der Waals surface area contributed by atoms with Gasteiger partial charge in [0.25, 0.3) is 0 Å². The summed E-state index contributed by atoms with van der Waals surface area (Å²) in [7, 11) is 0. The Morgan fingerprint density at radius 3 is 3.08 bits per heavy atom. The maximum absolute atomic E-state index is 4.73. The molecule has 2 heterocycles. The average Bonchev–Trinajstić information content (AvgIpc) is 2.63. The number of aliphatic imine (C=N–C) groups is 1. The summed E-state index contributed by atoms with van der Waals surface area (Å²) in [5, 5.41) is 0. The van der Waals surface area contributed by atoms with Crippen molar-refractivity contribution in [3.8, 4) is 0 Å². The van der Waals surface area contributed by atoms with E-state index in [9.17, 15) is 0 Å². The van der Waals surface area contributed by atoms with Gasteiger partial charge in [0.15, 0.2) is 0 Å². The van der Waals surface area contributed by atoms with Crippen molar-refractivity contribution in [3.63, 3.8) is 0 Å². The van der Waals surface area contributed by atoms with Crippen LogP contribution in [0.4, 0.5) is 0 Å². The van der Waals surface area contributed by atoms with Crippen LogP contribution in [0.5, 0.6) is 0 Å². The molecule has 1 aromatic rings. The third-order valence-corrected chi connectivity index (χ3v) is 2.73. The van der Waals surface area contributed by atoms with Crippen molar-refractivity contribution in [2.45, 2.75) is 39.2 Å². The van der Waals surface area contributed by atoms with Gasteiger partial charge >= 0.3 is 0 Å². The number of hydrogen-bond donors (Lipinski definition) is 1. The molecule has 0 bridgehead atoms. The molecule has 0 radical (unpaired) electrons. The van der Waals surface area contributed by atoms with Gasteiger partial charge in [-0.2, -0.15) is 0 Å². The normalized spacial score (nSPS) is 21.1. The number of rotatable bonds is 2. The van der Waals surface area contributed by atoms with Crippen molar-refractivity contribution >= 4 is 5.71 Å². The Morgan fingerprint density at radius 1 is 1.54 bits per heavy atom. The molecule has 2 nitrogen and oxygen atoms in total. The zero-order chi connectivity index (χ0) is 9.26. The molecule has 70 valence electrons. The van der Waals surface area contributed by atoms with Gasteiger partial charge in [-0.05, 0) is 18.9 Å². The first-order valence-corrected chi connectivity index (χ1v) is 5.08. The quantitative estimate of drug-likeness (QED) is 0.717. The zero-order valence-electron chi connectivity index (χ0n) is 8.30. The van der Waals surface area contributed by atoms with Crippen molar-refractivity contribution in [1.29, 1.82) is 0 Å². The minimum Gasteiger partial charge on any atom is -0.364 e. The van der Waals surface area contributed by atoms with Crippen molar-refractivity contribution in [3.05, 3.63) is 23.5 Å². The van der Waals surface area contributed by atoms with Gasteiger partial charge in [-0.1, -0.05) is 13.8 Å². The molecular formula is C11H16N2. The summed E-state index contributed by atoms with van der Waals surface area (Å²) in [4.78, 5) is 8.03. The molecule has 0 saturated carbocycles. The molecule has 13 heavy (non-hydrogen) atoms. The third kappa shape index (κ3) is 1.41. The van der Waals surface area contributed by atoms with E-state index in [1.807, 2.05) is 6.20 Å². The zero-order valence-corrected chi connectivity index (χ0v) is 8.30. The Balaban J connectivity index is 2.37. The first kappa shape index (κ1) is 8.54. The summed E-state index contributed by atoms with van der Waals surface area (Å²) in [5.41, 5.74) is 3.99. The van der Waals surface area contributed by atoms with Crippen molar-refractivity contribution in [1.82, 2.24) is 4.98 Å². The molecular weight excluding hydrogens is 160 g/mol. The molecule has 0 spiro atoms. The molecule has 0 aromatic carbocycles. The van der Waals surface area contributed by atoms with E-state index in [4.69, 9.17) is 4.99 Å². The summed E-state index contributed by atoms with van der Waals surface area (Å²) >= 11 is 0. The lowest BCUT2D eigenvalue weighted by atomic mass is 9.98. The Kier molecular flexibility index (Phi) is 2.21. The Morgan fingerprint density at radius 2 is 2.38 bits per heavy atom. The van der Waals surface area contributed by atoms with Gasteiger partial charge in [-0.25, -0.2) is 0 Å². The monoisotopic (exact) mass is 176 g/mol. The van der Waals surface area contributed by atoms with E-state index in [-0.39, 0.29) is 0 Å². The number of nitrogens with zero attached hydrogens (tertiary/aromatic N) is 1. The highest BCUT2D eigenvalue weighted by atomic mass is 14.8. The molecule has 1 aromatic heterocycles. The Hall–Kier alpha value is -1.05. The summed E-state index contributed by atoms with van der Waals surface area (Å²) in [5.74, 6) is 0. The number of aromatic nitrogens is 1. The predicted molar refractivity (Wildman–Crippen MR) is 55.4 cm³/mol. The van der Waals surface area contributed by atoms with E-state index < -0.39 is 0 Å². The topological polar surface area (TPSA) is 28.1 Å². The second-order valence-electron chi connectivity index (χ2n) is 3.57. The smallest absolute Gasteiger partial charge is 0.0555 e. The van der Waals surface area contributed by atoms with Gasteiger partial charge < -0.3 is 4.98 Å². The van der Waals surface area contributed by atoms with E-state index >= 15 is 0 Å². The summed E-state index contributed by atoms with van der Waals surface area (Å²) < 4.78 is 0. The number of aromatic amines is 1. The summed E-state index contributed by atoms with van der Waals surface area (Å²) in [6.45, 7) is 4.38. The average molecular weight is 176 g/mol. The fourth-order valence-corrected chi connectivity index (χ4v) is 1.93. The molecule has 2 heteroatoms. The number of H-pyrrole nitrogens is 1. The Labute approximate surface area is 79.1 Å². The van der Waals surface area contributed by atoms with Crippen LogP contribution in [0.15, 0.2) is 17.3 Å². The third-order valence-electron chi connectivity index (χ3n) is 2.73. The molecule has 1 aliphatic rings. The lowest BCUT2D eigenvalue weighted by molar-refractivity contribution is 0.630. The van der Waals surface area contributed by atoms with E-state index in [0.717, 1.165) is 19.3 Å².